The highest BCUT2D eigenvalue weighted by molar-refractivity contribution is 9.09. The molecule has 0 N–H and O–H groups in total. The standard InChI is InChI=1S/C8H15Br/c1-7-5-8(6-7)3-2-4-9/h7-8H,2-6H2,1H3. The summed E-state index contributed by atoms with van der Waals surface area (Å²) in [5.74, 6) is 2.11. The summed E-state index contributed by atoms with van der Waals surface area (Å²) >= 11 is 3.45. The Morgan fingerprint density at radius 2 is 2.11 bits per heavy atom. The summed E-state index contributed by atoms with van der Waals surface area (Å²) in [4.78, 5) is 0. The smallest absolute Gasteiger partial charge is 0.00314 e. The summed E-state index contributed by atoms with van der Waals surface area (Å²) in [7, 11) is 0. The molecule has 54 valence electrons. The van der Waals surface area contributed by atoms with Crippen LogP contribution in [0.2, 0.25) is 0 Å². The molecule has 0 unspecified atom stereocenters. The van der Waals surface area contributed by atoms with Gasteiger partial charge in [0, 0.05) is 5.33 Å². The molecule has 9 heavy (non-hydrogen) atoms. The van der Waals surface area contributed by atoms with Crippen molar-refractivity contribution in [1.82, 2.24) is 0 Å². The second-order valence-electron chi connectivity index (χ2n) is 3.27. The molecule has 1 aliphatic rings. The third-order valence-electron chi connectivity index (χ3n) is 2.22. The van der Waals surface area contributed by atoms with Crippen molar-refractivity contribution in [2.75, 3.05) is 5.33 Å². The zero-order valence-electron chi connectivity index (χ0n) is 6.07. The fourth-order valence-corrected chi connectivity index (χ4v) is 1.99. The Kier molecular flexibility index (Phi) is 3.03. The zero-order chi connectivity index (χ0) is 6.69. The quantitative estimate of drug-likeness (QED) is 0.601. The van der Waals surface area contributed by atoms with Gasteiger partial charge in [0.1, 0.15) is 0 Å². The Morgan fingerprint density at radius 3 is 2.56 bits per heavy atom. The summed E-state index contributed by atoms with van der Waals surface area (Å²) in [6, 6.07) is 0. The van der Waals surface area contributed by atoms with Crippen molar-refractivity contribution in [2.45, 2.75) is 32.6 Å². The van der Waals surface area contributed by atoms with Gasteiger partial charge in [0.15, 0.2) is 0 Å². The number of halogens is 1. The van der Waals surface area contributed by atoms with E-state index in [1.807, 2.05) is 0 Å². The summed E-state index contributed by atoms with van der Waals surface area (Å²) in [5, 5.41) is 1.19. The van der Waals surface area contributed by atoms with Crippen LogP contribution in [0.5, 0.6) is 0 Å². The third kappa shape index (κ3) is 2.29. The molecule has 1 rings (SSSR count). The van der Waals surface area contributed by atoms with E-state index in [-0.39, 0.29) is 0 Å². The van der Waals surface area contributed by atoms with Crippen molar-refractivity contribution in [3.05, 3.63) is 0 Å². The van der Waals surface area contributed by atoms with Crippen LogP contribution in [0, 0.1) is 11.8 Å². The van der Waals surface area contributed by atoms with E-state index in [1.165, 1.54) is 31.0 Å². The summed E-state index contributed by atoms with van der Waals surface area (Å²) in [6.07, 6.45) is 5.81. The number of hydrogen-bond acceptors (Lipinski definition) is 0. The molecule has 0 heterocycles. The molecule has 0 aromatic carbocycles. The molecule has 0 nitrogen and oxygen atoms in total. The first-order valence-corrected chi connectivity index (χ1v) is 5.01. The highest BCUT2D eigenvalue weighted by Gasteiger charge is 2.23. The van der Waals surface area contributed by atoms with E-state index in [0.717, 1.165) is 11.8 Å². The molecule has 1 fully saturated rings. The molecule has 0 spiro atoms. The maximum absolute atomic E-state index is 3.45. The van der Waals surface area contributed by atoms with Gasteiger partial charge in [-0.25, -0.2) is 0 Å². The lowest BCUT2D eigenvalue weighted by Crippen LogP contribution is -2.20. The minimum Gasteiger partial charge on any atom is -0.0928 e. The van der Waals surface area contributed by atoms with Crippen LogP contribution < -0.4 is 0 Å². The van der Waals surface area contributed by atoms with Crippen LogP contribution in [-0.4, -0.2) is 5.33 Å². The average molecular weight is 191 g/mol. The van der Waals surface area contributed by atoms with Crippen molar-refractivity contribution in [3.63, 3.8) is 0 Å². The van der Waals surface area contributed by atoms with Gasteiger partial charge < -0.3 is 0 Å². The van der Waals surface area contributed by atoms with Crippen molar-refractivity contribution in [3.8, 4) is 0 Å². The summed E-state index contributed by atoms with van der Waals surface area (Å²) < 4.78 is 0. The van der Waals surface area contributed by atoms with Gasteiger partial charge in [-0.15, -0.1) is 0 Å². The van der Waals surface area contributed by atoms with E-state index >= 15 is 0 Å². The van der Waals surface area contributed by atoms with Crippen LogP contribution in [0.4, 0.5) is 0 Å². The van der Waals surface area contributed by atoms with Gasteiger partial charge in [0.05, 0.1) is 0 Å². The molecule has 0 aliphatic heterocycles. The first-order valence-electron chi connectivity index (χ1n) is 3.89. The highest BCUT2D eigenvalue weighted by Crippen LogP contribution is 2.36. The van der Waals surface area contributed by atoms with Crippen LogP contribution in [0.1, 0.15) is 32.6 Å². The van der Waals surface area contributed by atoms with Gasteiger partial charge in [-0.2, -0.15) is 0 Å². The van der Waals surface area contributed by atoms with E-state index in [1.54, 1.807) is 0 Å². The molecule has 0 radical (unpaired) electrons. The minimum atomic E-state index is 1.03. The molecular weight excluding hydrogens is 176 g/mol. The Labute approximate surface area is 66.2 Å². The lowest BCUT2D eigenvalue weighted by atomic mass is 9.74. The molecule has 0 amide bonds. The van der Waals surface area contributed by atoms with Crippen LogP contribution >= 0.6 is 15.9 Å². The molecule has 1 saturated carbocycles. The summed E-state index contributed by atoms with van der Waals surface area (Å²) in [5.41, 5.74) is 0. The lowest BCUT2D eigenvalue weighted by Gasteiger charge is -2.32. The molecule has 0 atom stereocenters. The first kappa shape index (κ1) is 7.59. The monoisotopic (exact) mass is 190 g/mol. The topological polar surface area (TPSA) is 0 Å². The Bertz CT molecular complexity index is 74.6. The fraction of sp³-hybridized carbons (Fsp3) is 1.00. The predicted octanol–water partition coefficient (Wildman–Crippen LogP) is 3.21. The highest BCUT2D eigenvalue weighted by atomic mass is 79.9. The van der Waals surface area contributed by atoms with Gasteiger partial charge in [-0.3, -0.25) is 0 Å². The van der Waals surface area contributed by atoms with E-state index in [0.29, 0.717) is 0 Å². The van der Waals surface area contributed by atoms with Gasteiger partial charge in [-0.05, 0) is 37.5 Å². The molecule has 0 aromatic rings. The van der Waals surface area contributed by atoms with E-state index in [4.69, 9.17) is 0 Å². The minimum absolute atomic E-state index is 1.03. The van der Waals surface area contributed by atoms with Gasteiger partial charge in [0.2, 0.25) is 0 Å². The Morgan fingerprint density at radius 1 is 1.44 bits per heavy atom. The Balaban J connectivity index is 1.91. The third-order valence-corrected chi connectivity index (χ3v) is 2.78. The van der Waals surface area contributed by atoms with Crippen molar-refractivity contribution in [1.29, 1.82) is 0 Å². The fourth-order valence-electron chi connectivity index (χ4n) is 1.67. The molecule has 1 heteroatoms. The SMILES string of the molecule is CC1CC(CCCBr)C1. The molecule has 0 bridgehead atoms. The number of alkyl halides is 1. The van der Waals surface area contributed by atoms with Crippen LogP contribution in [0.3, 0.4) is 0 Å². The molecule has 1 aliphatic carbocycles. The average Bonchev–Trinajstić information content (AvgIpc) is 1.78. The van der Waals surface area contributed by atoms with Crippen LogP contribution in [0.25, 0.3) is 0 Å². The maximum Gasteiger partial charge on any atom is 0.00314 e. The maximum atomic E-state index is 3.45. The second-order valence-corrected chi connectivity index (χ2v) is 4.07. The Hall–Kier alpha value is 0.480. The van der Waals surface area contributed by atoms with Crippen LogP contribution in [0.15, 0.2) is 0 Å². The van der Waals surface area contributed by atoms with Crippen molar-refractivity contribution < 1.29 is 0 Å². The number of rotatable bonds is 3. The van der Waals surface area contributed by atoms with Gasteiger partial charge >= 0.3 is 0 Å². The predicted molar refractivity (Wildman–Crippen MR) is 44.9 cm³/mol. The molecular formula is C8H15Br. The molecule has 0 aromatic heterocycles. The van der Waals surface area contributed by atoms with Crippen molar-refractivity contribution >= 4 is 15.9 Å². The van der Waals surface area contributed by atoms with Crippen LogP contribution in [-0.2, 0) is 0 Å². The summed E-state index contributed by atoms with van der Waals surface area (Å²) in [6.45, 7) is 2.35. The van der Waals surface area contributed by atoms with E-state index < -0.39 is 0 Å². The van der Waals surface area contributed by atoms with Gasteiger partial charge in [-0.1, -0.05) is 22.9 Å². The van der Waals surface area contributed by atoms with E-state index in [2.05, 4.69) is 22.9 Å². The van der Waals surface area contributed by atoms with Gasteiger partial charge in [0.25, 0.3) is 0 Å². The van der Waals surface area contributed by atoms with E-state index in [9.17, 15) is 0 Å². The largest absolute Gasteiger partial charge is 0.0928 e. The molecule has 0 saturated heterocycles. The number of hydrogen-bond donors (Lipinski definition) is 0. The first-order chi connectivity index (χ1) is 4.33. The lowest BCUT2D eigenvalue weighted by molar-refractivity contribution is 0.199. The zero-order valence-corrected chi connectivity index (χ0v) is 7.65. The van der Waals surface area contributed by atoms with Crippen molar-refractivity contribution in [2.24, 2.45) is 11.8 Å². The second kappa shape index (κ2) is 3.60. The normalized spacial score (nSPS) is 34.0.